The molecule has 1 aromatic carbocycles. The number of alkyl halides is 2. The maximum atomic E-state index is 14.1. The number of rotatable bonds is 7. The molecular weight excluding hydrogens is 507 g/mol. The van der Waals surface area contributed by atoms with Gasteiger partial charge in [0.1, 0.15) is 12.2 Å². The molecule has 0 spiro atoms. The van der Waals surface area contributed by atoms with E-state index in [1.54, 1.807) is 0 Å². The van der Waals surface area contributed by atoms with Crippen molar-refractivity contribution in [1.82, 2.24) is 19.6 Å². The van der Waals surface area contributed by atoms with Crippen LogP contribution in [-0.4, -0.2) is 25.5 Å². The number of halogens is 8. The molecule has 2 aromatic heterocycles. The van der Waals surface area contributed by atoms with Crippen LogP contribution in [0.1, 0.15) is 53.5 Å². The van der Waals surface area contributed by atoms with Crippen LogP contribution in [0.15, 0.2) is 0 Å². The van der Waals surface area contributed by atoms with Gasteiger partial charge in [0, 0.05) is 5.92 Å². The Morgan fingerprint density at radius 1 is 1.00 bits per heavy atom. The van der Waals surface area contributed by atoms with Gasteiger partial charge in [-0.3, -0.25) is 14.2 Å². The summed E-state index contributed by atoms with van der Waals surface area (Å²) in [5, 5.41) is 10.1. The van der Waals surface area contributed by atoms with Crippen molar-refractivity contribution in [3.05, 3.63) is 62.4 Å². The summed E-state index contributed by atoms with van der Waals surface area (Å²) in [6, 6.07) is 0. The number of anilines is 1. The van der Waals surface area contributed by atoms with E-state index in [0.717, 1.165) is 22.2 Å². The van der Waals surface area contributed by atoms with Gasteiger partial charge in [-0.15, -0.1) is 0 Å². The number of hydrogen-bond donors (Lipinski definition) is 1. The zero-order valence-corrected chi connectivity index (χ0v) is 19.0. The van der Waals surface area contributed by atoms with Gasteiger partial charge in [0.25, 0.3) is 6.43 Å². The van der Waals surface area contributed by atoms with E-state index < -0.39 is 65.8 Å². The third kappa shape index (κ3) is 4.48. The molecule has 0 aliphatic heterocycles. The Morgan fingerprint density at radius 2 is 1.57 bits per heavy atom. The summed E-state index contributed by atoms with van der Waals surface area (Å²) in [6.45, 7) is 1.62. The first kappa shape index (κ1) is 25.0. The molecule has 188 valence electrons. The lowest BCUT2D eigenvalue weighted by Crippen LogP contribution is -2.21. The zero-order valence-electron chi connectivity index (χ0n) is 18.2. The van der Waals surface area contributed by atoms with Gasteiger partial charge >= 0.3 is 0 Å². The van der Waals surface area contributed by atoms with Gasteiger partial charge in [-0.25, -0.2) is 30.7 Å². The number of nitrogens with zero attached hydrogens (tertiary/aromatic N) is 4. The van der Waals surface area contributed by atoms with Crippen molar-refractivity contribution < 1.29 is 35.5 Å². The Balaban J connectivity index is 1.58. The van der Waals surface area contributed by atoms with Gasteiger partial charge < -0.3 is 5.32 Å². The Labute approximate surface area is 198 Å². The normalized spacial score (nSPS) is 13.7. The molecule has 14 heteroatoms. The number of nitrogens with one attached hydrogen (secondary N) is 1. The minimum Gasteiger partial charge on any atom is -0.321 e. The fourth-order valence-electron chi connectivity index (χ4n) is 3.76. The molecule has 0 atom stereocenters. The number of amides is 1. The van der Waals surface area contributed by atoms with Gasteiger partial charge in [-0.2, -0.15) is 10.2 Å². The van der Waals surface area contributed by atoms with E-state index in [0.29, 0.717) is 5.69 Å². The number of benzene rings is 1. The molecule has 1 amide bonds. The maximum Gasteiger partial charge on any atom is 0.283 e. The maximum absolute atomic E-state index is 14.1. The monoisotopic (exact) mass is 523 g/mol. The Bertz CT molecular complexity index is 1300. The van der Waals surface area contributed by atoms with Crippen LogP contribution < -0.4 is 5.32 Å². The molecule has 1 aliphatic rings. The molecule has 2 heterocycles. The van der Waals surface area contributed by atoms with Crippen LogP contribution in [0.5, 0.6) is 0 Å². The second kappa shape index (κ2) is 9.17. The number of hydrogen-bond acceptors (Lipinski definition) is 3. The minimum atomic E-state index is -2.92. The highest BCUT2D eigenvalue weighted by Crippen LogP contribution is 2.45. The highest BCUT2D eigenvalue weighted by molar-refractivity contribution is 6.32. The quantitative estimate of drug-likeness (QED) is 0.251. The van der Waals surface area contributed by atoms with E-state index in [9.17, 15) is 35.5 Å². The van der Waals surface area contributed by atoms with Crippen molar-refractivity contribution >= 4 is 23.2 Å². The Morgan fingerprint density at radius 3 is 2.11 bits per heavy atom. The van der Waals surface area contributed by atoms with Crippen molar-refractivity contribution in [3.63, 3.8) is 0 Å². The van der Waals surface area contributed by atoms with Crippen molar-refractivity contribution in [1.29, 1.82) is 0 Å². The molecule has 1 N–H and O–H groups in total. The Hall–Kier alpha value is -3.09. The number of aryl methyl sites for hydroxylation is 1. The highest BCUT2D eigenvalue weighted by Gasteiger charge is 2.34. The molecule has 4 rings (SSSR count). The van der Waals surface area contributed by atoms with Gasteiger partial charge in [0.15, 0.2) is 23.3 Å². The summed E-state index contributed by atoms with van der Waals surface area (Å²) < 4.78 is 97.0. The second-order valence-electron chi connectivity index (χ2n) is 8.12. The van der Waals surface area contributed by atoms with Crippen molar-refractivity contribution in [2.24, 2.45) is 0 Å². The van der Waals surface area contributed by atoms with Crippen molar-refractivity contribution in [2.75, 3.05) is 5.32 Å². The topological polar surface area (TPSA) is 64.7 Å². The standard InChI is InChI=1S/C21H17ClF7N5O/c1-7-18(8(2)33(31-7)5-10-13(23)15(25)17(27)16(26)14(10)24)30-11(35)6-34-20(9-3-4-9)12(22)19(32-34)21(28)29/h9,21H,3-6H2,1-2H3,(H,30,35). The van der Waals surface area contributed by atoms with Crippen molar-refractivity contribution in [2.45, 2.75) is 52.1 Å². The number of carbonyl (C=O) groups is 1. The van der Waals surface area contributed by atoms with E-state index in [-0.39, 0.29) is 28.0 Å². The molecular formula is C21H17ClF7N5O. The summed E-state index contributed by atoms with van der Waals surface area (Å²) in [5.41, 5.74) is -0.899. The van der Waals surface area contributed by atoms with Crippen LogP contribution in [0.4, 0.5) is 36.4 Å². The predicted molar refractivity (Wildman–Crippen MR) is 110 cm³/mol. The number of carbonyl (C=O) groups excluding carboxylic acids is 1. The molecule has 0 bridgehead atoms. The van der Waals surface area contributed by atoms with E-state index >= 15 is 0 Å². The van der Waals surface area contributed by atoms with Gasteiger partial charge in [0.2, 0.25) is 11.7 Å². The molecule has 1 saturated carbocycles. The van der Waals surface area contributed by atoms with Gasteiger partial charge in [-0.05, 0) is 26.7 Å². The first-order valence-corrected chi connectivity index (χ1v) is 10.7. The van der Waals surface area contributed by atoms with Crippen LogP contribution in [0.3, 0.4) is 0 Å². The fraction of sp³-hybridized carbons (Fsp3) is 0.381. The van der Waals surface area contributed by atoms with Crippen LogP contribution >= 0.6 is 11.6 Å². The largest absolute Gasteiger partial charge is 0.321 e. The summed E-state index contributed by atoms with van der Waals surface area (Å²) in [4.78, 5) is 12.7. The van der Waals surface area contributed by atoms with Crippen LogP contribution in [0.25, 0.3) is 0 Å². The fourth-order valence-corrected chi connectivity index (χ4v) is 4.14. The molecule has 1 fully saturated rings. The molecule has 0 saturated heterocycles. The second-order valence-corrected chi connectivity index (χ2v) is 8.50. The smallest absolute Gasteiger partial charge is 0.283 e. The lowest BCUT2D eigenvalue weighted by molar-refractivity contribution is -0.117. The van der Waals surface area contributed by atoms with Crippen LogP contribution in [-0.2, 0) is 17.9 Å². The summed E-state index contributed by atoms with van der Waals surface area (Å²) in [7, 11) is 0. The van der Waals surface area contributed by atoms with E-state index in [2.05, 4.69) is 15.5 Å². The average Bonchev–Trinajstić information content (AvgIpc) is 3.53. The third-order valence-electron chi connectivity index (χ3n) is 5.67. The van der Waals surface area contributed by atoms with Gasteiger partial charge in [0.05, 0.1) is 39.9 Å². The molecule has 0 unspecified atom stereocenters. The van der Waals surface area contributed by atoms with Crippen LogP contribution in [0, 0.1) is 42.9 Å². The molecule has 1 aliphatic carbocycles. The third-order valence-corrected chi connectivity index (χ3v) is 6.06. The SMILES string of the molecule is Cc1nn(Cc2c(F)c(F)c(F)c(F)c2F)c(C)c1NC(=O)Cn1nc(C(F)F)c(Cl)c1C1CC1. The average molecular weight is 524 g/mol. The highest BCUT2D eigenvalue weighted by atomic mass is 35.5. The lowest BCUT2D eigenvalue weighted by Gasteiger charge is -2.11. The minimum absolute atomic E-state index is 0.0807. The molecule has 6 nitrogen and oxygen atoms in total. The van der Waals surface area contributed by atoms with Crippen LogP contribution in [0.2, 0.25) is 5.02 Å². The molecule has 0 radical (unpaired) electrons. The first-order valence-electron chi connectivity index (χ1n) is 10.3. The molecule has 3 aromatic rings. The van der Waals surface area contributed by atoms with E-state index in [1.165, 1.54) is 13.8 Å². The number of aromatic nitrogens is 4. The summed E-state index contributed by atoms with van der Waals surface area (Å²) in [6.07, 6.45) is -1.48. The lowest BCUT2D eigenvalue weighted by atomic mass is 10.1. The van der Waals surface area contributed by atoms with Crippen molar-refractivity contribution in [3.8, 4) is 0 Å². The Kier molecular flexibility index (Phi) is 6.56. The predicted octanol–water partition coefficient (Wildman–Crippen LogP) is 5.55. The van der Waals surface area contributed by atoms with Gasteiger partial charge in [-0.1, -0.05) is 11.6 Å². The van der Waals surface area contributed by atoms with E-state index in [1.807, 2.05) is 0 Å². The zero-order chi connectivity index (χ0) is 25.8. The van der Waals surface area contributed by atoms with E-state index in [4.69, 9.17) is 11.6 Å². The summed E-state index contributed by atoms with van der Waals surface area (Å²) in [5.74, 6) is -11.2. The summed E-state index contributed by atoms with van der Waals surface area (Å²) >= 11 is 6.04. The molecule has 35 heavy (non-hydrogen) atoms. The first-order chi connectivity index (χ1) is 16.4.